The highest BCUT2D eigenvalue weighted by atomic mass is 14.8. The average Bonchev–Trinajstić information content (AvgIpc) is 2.44. The highest BCUT2D eigenvalue weighted by Crippen LogP contribution is 2.41. The van der Waals surface area contributed by atoms with Gasteiger partial charge in [0, 0.05) is 22.7 Å². The fourth-order valence-electron chi connectivity index (χ4n) is 3.05. The number of aliphatic imine (C=N–C) groups is 1. The molecule has 0 aromatic rings. The Morgan fingerprint density at radius 1 is 1.21 bits per heavy atom. The first-order valence-electron chi connectivity index (χ1n) is 8.18. The Kier molecular flexibility index (Phi) is 5.82. The van der Waals surface area contributed by atoms with Gasteiger partial charge in [0.1, 0.15) is 0 Å². The van der Waals surface area contributed by atoms with Crippen LogP contribution in [0.3, 0.4) is 0 Å². The van der Waals surface area contributed by atoms with Crippen molar-refractivity contribution in [3.63, 3.8) is 0 Å². The number of allylic oxidation sites excluding steroid dienone is 2. The summed E-state index contributed by atoms with van der Waals surface area (Å²) in [4.78, 5) is 4.85. The maximum absolute atomic E-state index is 4.85. The monoisotopic (exact) mass is 263 g/mol. The lowest BCUT2D eigenvalue weighted by atomic mass is 9.73. The van der Waals surface area contributed by atoms with Crippen molar-refractivity contribution in [3.8, 4) is 0 Å². The predicted molar refractivity (Wildman–Crippen MR) is 86.7 cm³/mol. The summed E-state index contributed by atoms with van der Waals surface area (Å²) in [6.45, 7) is 13.9. The molecule has 1 rings (SSSR count). The molecule has 1 atom stereocenters. The normalized spacial score (nSPS) is 23.8. The van der Waals surface area contributed by atoms with Gasteiger partial charge >= 0.3 is 0 Å². The van der Waals surface area contributed by atoms with Crippen LogP contribution in [0.5, 0.6) is 0 Å². The Hall–Kier alpha value is -0.590. The quantitative estimate of drug-likeness (QED) is 0.534. The molecule has 0 radical (unpaired) electrons. The van der Waals surface area contributed by atoms with Crippen LogP contribution in [0, 0.1) is 16.7 Å². The molecule has 0 aliphatic carbocycles. The lowest BCUT2D eigenvalue weighted by Gasteiger charge is -2.35. The molecule has 1 heteroatoms. The molecule has 0 bridgehead atoms. The minimum Gasteiger partial charge on any atom is -0.265 e. The summed E-state index contributed by atoms with van der Waals surface area (Å²) in [5.41, 5.74) is 1.87. The average molecular weight is 263 g/mol. The minimum atomic E-state index is 0.271. The van der Waals surface area contributed by atoms with Gasteiger partial charge in [0.05, 0.1) is 0 Å². The first kappa shape index (κ1) is 16.5. The van der Waals surface area contributed by atoms with Crippen molar-refractivity contribution in [1.82, 2.24) is 0 Å². The molecule has 0 saturated heterocycles. The first-order valence-corrected chi connectivity index (χ1v) is 8.18. The van der Waals surface area contributed by atoms with E-state index in [1.807, 2.05) is 0 Å². The molecule has 1 aliphatic rings. The second-order valence-electron chi connectivity index (χ2n) is 6.86. The summed E-state index contributed by atoms with van der Waals surface area (Å²) in [7, 11) is 0. The van der Waals surface area contributed by atoms with E-state index in [9.17, 15) is 0 Å². The lowest BCUT2D eigenvalue weighted by Crippen LogP contribution is -2.27. The van der Waals surface area contributed by atoms with E-state index in [-0.39, 0.29) is 10.8 Å². The highest BCUT2D eigenvalue weighted by molar-refractivity contribution is 5.68. The van der Waals surface area contributed by atoms with E-state index >= 15 is 0 Å². The summed E-state index contributed by atoms with van der Waals surface area (Å²) >= 11 is 0. The van der Waals surface area contributed by atoms with Gasteiger partial charge in [-0.1, -0.05) is 60.5 Å². The third-order valence-corrected chi connectivity index (χ3v) is 5.37. The van der Waals surface area contributed by atoms with Crippen LogP contribution in [0.2, 0.25) is 0 Å². The Balaban J connectivity index is 2.75. The van der Waals surface area contributed by atoms with Gasteiger partial charge in [0.25, 0.3) is 0 Å². The summed E-state index contributed by atoms with van der Waals surface area (Å²) in [5.74, 6) is 0.843. The maximum atomic E-state index is 4.85. The van der Waals surface area contributed by atoms with E-state index in [0.29, 0.717) is 0 Å². The molecule has 0 fully saturated rings. The molecule has 0 saturated carbocycles. The molecular weight excluding hydrogens is 230 g/mol. The first-order chi connectivity index (χ1) is 8.93. The van der Waals surface area contributed by atoms with Crippen molar-refractivity contribution in [1.29, 1.82) is 0 Å². The van der Waals surface area contributed by atoms with Crippen LogP contribution in [-0.4, -0.2) is 6.21 Å². The molecule has 0 amide bonds. The predicted octanol–water partition coefficient (Wildman–Crippen LogP) is 6.00. The van der Waals surface area contributed by atoms with Gasteiger partial charge in [-0.3, -0.25) is 4.99 Å². The van der Waals surface area contributed by atoms with Crippen molar-refractivity contribution < 1.29 is 0 Å². The fourth-order valence-corrected chi connectivity index (χ4v) is 3.05. The molecule has 1 heterocycles. The van der Waals surface area contributed by atoms with Crippen LogP contribution in [0.1, 0.15) is 80.1 Å². The van der Waals surface area contributed by atoms with Crippen molar-refractivity contribution in [2.24, 2.45) is 21.7 Å². The van der Waals surface area contributed by atoms with E-state index in [0.717, 1.165) is 12.3 Å². The standard InChI is InChI=1S/C18H33N/c1-7-15(8-2)13-17(5)12-11-16(19-14-17)18(6,9-3)10-4/h11,14-15H,7-10,12-13H2,1-6H3. The molecule has 1 nitrogen and oxygen atoms in total. The highest BCUT2D eigenvalue weighted by Gasteiger charge is 2.31. The summed E-state index contributed by atoms with van der Waals surface area (Å²) < 4.78 is 0. The Bertz CT molecular complexity index is 332. The zero-order valence-corrected chi connectivity index (χ0v) is 13.9. The van der Waals surface area contributed by atoms with Gasteiger partial charge in [-0.05, 0) is 31.6 Å². The van der Waals surface area contributed by atoms with Crippen molar-refractivity contribution >= 4 is 6.21 Å². The molecular formula is C18H33N. The van der Waals surface area contributed by atoms with Crippen LogP contribution in [-0.2, 0) is 0 Å². The molecule has 0 N–H and O–H groups in total. The van der Waals surface area contributed by atoms with Crippen LogP contribution >= 0.6 is 0 Å². The molecule has 1 unspecified atom stereocenters. The van der Waals surface area contributed by atoms with Gasteiger partial charge in [-0.15, -0.1) is 0 Å². The smallest absolute Gasteiger partial charge is 0.0419 e. The number of rotatable bonds is 7. The van der Waals surface area contributed by atoms with Crippen molar-refractivity contribution in [2.75, 3.05) is 0 Å². The van der Waals surface area contributed by atoms with E-state index in [2.05, 4.69) is 53.8 Å². The molecule has 110 valence electrons. The number of hydrogen-bond donors (Lipinski definition) is 0. The third-order valence-electron chi connectivity index (χ3n) is 5.37. The second kappa shape index (κ2) is 6.72. The van der Waals surface area contributed by atoms with E-state index in [1.165, 1.54) is 37.8 Å². The van der Waals surface area contributed by atoms with Crippen molar-refractivity contribution in [3.05, 3.63) is 11.8 Å². The Morgan fingerprint density at radius 2 is 1.79 bits per heavy atom. The van der Waals surface area contributed by atoms with Gasteiger partial charge in [0.2, 0.25) is 0 Å². The van der Waals surface area contributed by atoms with Crippen molar-refractivity contribution in [2.45, 2.75) is 80.1 Å². The Labute approximate surface area is 120 Å². The van der Waals surface area contributed by atoms with E-state index in [4.69, 9.17) is 4.99 Å². The van der Waals surface area contributed by atoms with Crippen LogP contribution in [0.25, 0.3) is 0 Å². The lowest BCUT2D eigenvalue weighted by molar-refractivity contribution is 0.309. The number of nitrogens with zero attached hydrogens (tertiary/aromatic N) is 1. The van der Waals surface area contributed by atoms with Gasteiger partial charge in [0.15, 0.2) is 0 Å². The SMILES string of the molecule is CCC(CC)CC1(C)C=NC(C(C)(CC)CC)=CC1. The second-order valence-corrected chi connectivity index (χ2v) is 6.86. The van der Waals surface area contributed by atoms with Crippen LogP contribution < -0.4 is 0 Å². The van der Waals surface area contributed by atoms with Gasteiger partial charge in [-0.25, -0.2) is 0 Å². The third kappa shape index (κ3) is 3.94. The van der Waals surface area contributed by atoms with E-state index in [1.54, 1.807) is 0 Å². The molecule has 0 spiro atoms. The molecule has 19 heavy (non-hydrogen) atoms. The van der Waals surface area contributed by atoms with Gasteiger partial charge < -0.3 is 0 Å². The van der Waals surface area contributed by atoms with Crippen LogP contribution in [0.4, 0.5) is 0 Å². The molecule has 0 aromatic heterocycles. The van der Waals surface area contributed by atoms with Crippen LogP contribution in [0.15, 0.2) is 16.8 Å². The largest absolute Gasteiger partial charge is 0.265 e. The molecule has 1 aliphatic heterocycles. The maximum Gasteiger partial charge on any atom is 0.0419 e. The van der Waals surface area contributed by atoms with E-state index < -0.39 is 0 Å². The number of hydrogen-bond acceptors (Lipinski definition) is 1. The summed E-state index contributed by atoms with van der Waals surface area (Å²) in [5, 5.41) is 0. The summed E-state index contributed by atoms with van der Waals surface area (Å²) in [6.07, 6.45) is 12.0. The zero-order valence-electron chi connectivity index (χ0n) is 13.9. The fraction of sp³-hybridized carbons (Fsp3) is 0.833. The summed E-state index contributed by atoms with van der Waals surface area (Å²) in [6, 6.07) is 0. The minimum absolute atomic E-state index is 0.271. The Morgan fingerprint density at radius 3 is 2.16 bits per heavy atom. The molecule has 0 aromatic carbocycles. The van der Waals surface area contributed by atoms with Gasteiger partial charge in [-0.2, -0.15) is 0 Å². The zero-order chi connectivity index (χ0) is 14.5. The topological polar surface area (TPSA) is 12.4 Å².